The largest absolute Gasteiger partial charge is 0.494 e. The monoisotopic (exact) mass is 528 g/mol. The first-order valence-corrected chi connectivity index (χ1v) is 12.4. The lowest BCUT2D eigenvalue weighted by Gasteiger charge is -2.24. The van der Waals surface area contributed by atoms with Crippen LogP contribution in [0.1, 0.15) is 34.5 Å². The van der Waals surface area contributed by atoms with Crippen molar-refractivity contribution >= 4 is 35.1 Å². The number of hydrogen-bond donors (Lipinski definition) is 2. The summed E-state index contributed by atoms with van der Waals surface area (Å²) in [6.07, 6.45) is 4.66. The van der Waals surface area contributed by atoms with Gasteiger partial charge < -0.3 is 19.9 Å². The number of benzene rings is 2. The normalized spacial score (nSPS) is 15.3. The number of pyridine rings is 1. The molecule has 3 aromatic rings. The highest BCUT2D eigenvalue weighted by molar-refractivity contribution is 6.39. The molecule has 4 rings (SSSR count). The average Bonchev–Trinajstić information content (AvgIpc) is 2.87. The summed E-state index contributed by atoms with van der Waals surface area (Å²) < 4.78 is 11.6. The van der Waals surface area contributed by atoms with Gasteiger partial charge in [-0.2, -0.15) is 0 Å². The number of carboxylic acids is 1. The fraction of sp³-hybridized carbons (Fsp3) is 0.296. The van der Waals surface area contributed by atoms with Gasteiger partial charge in [0.2, 0.25) is 0 Å². The number of rotatable bonds is 10. The van der Waals surface area contributed by atoms with Crippen molar-refractivity contribution in [3.8, 4) is 11.5 Å². The first-order valence-electron chi connectivity index (χ1n) is 11.7. The molecule has 1 aromatic heterocycles. The van der Waals surface area contributed by atoms with Crippen LogP contribution in [0.5, 0.6) is 11.5 Å². The molecular weight excluding hydrogens is 503 g/mol. The molecule has 2 heterocycles. The van der Waals surface area contributed by atoms with E-state index in [-0.39, 0.29) is 22.0 Å². The van der Waals surface area contributed by atoms with Crippen LogP contribution in [0.15, 0.2) is 60.8 Å². The van der Waals surface area contributed by atoms with Crippen molar-refractivity contribution in [2.75, 3.05) is 13.2 Å². The van der Waals surface area contributed by atoms with Crippen LogP contribution in [0.3, 0.4) is 0 Å². The molecule has 2 N–H and O–H groups in total. The van der Waals surface area contributed by atoms with Crippen LogP contribution < -0.4 is 14.8 Å². The zero-order chi connectivity index (χ0) is 25.5. The Labute approximate surface area is 219 Å². The van der Waals surface area contributed by atoms with E-state index in [1.807, 2.05) is 12.1 Å². The fourth-order valence-corrected chi connectivity index (χ4v) is 4.67. The molecule has 0 bridgehead atoms. The molecule has 0 radical (unpaired) electrons. The number of carbonyl (C=O) groups is 2. The third-order valence-corrected chi connectivity index (χ3v) is 6.62. The Morgan fingerprint density at radius 1 is 1.11 bits per heavy atom. The molecule has 188 valence electrons. The second kappa shape index (κ2) is 12.1. The van der Waals surface area contributed by atoms with Crippen LogP contribution in [-0.4, -0.2) is 41.2 Å². The standard InChI is InChI=1S/C27H26Cl2N2O5/c28-20-5-1-6-21(29)25(20)26(32)31-23(27(33)34)14-17-8-10-19(11-9-17)35-13-3-4-18-15-22-24(36-16-18)7-2-12-30-22/h1-2,5-12,18,23H,3-4,13-16H2,(H,31,32)(H,33,34). The van der Waals surface area contributed by atoms with Crippen LogP contribution >= 0.6 is 23.2 Å². The molecule has 7 nitrogen and oxygen atoms in total. The molecule has 2 atom stereocenters. The van der Waals surface area contributed by atoms with Crippen LogP contribution in [0.2, 0.25) is 10.0 Å². The maximum Gasteiger partial charge on any atom is 0.326 e. The molecule has 0 spiro atoms. The van der Waals surface area contributed by atoms with Crippen LogP contribution in [-0.2, 0) is 17.6 Å². The number of aliphatic carboxylic acids is 1. The van der Waals surface area contributed by atoms with E-state index < -0.39 is 17.9 Å². The molecule has 0 saturated carbocycles. The average molecular weight is 529 g/mol. The Morgan fingerprint density at radius 2 is 1.86 bits per heavy atom. The predicted molar refractivity (Wildman–Crippen MR) is 137 cm³/mol. The van der Waals surface area contributed by atoms with Crippen molar-refractivity contribution in [2.24, 2.45) is 5.92 Å². The van der Waals surface area contributed by atoms with Gasteiger partial charge in [-0.25, -0.2) is 4.79 Å². The van der Waals surface area contributed by atoms with Crippen molar-refractivity contribution in [3.63, 3.8) is 0 Å². The lowest BCUT2D eigenvalue weighted by atomic mass is 9.96. The summed E-state index contributed by atoms with van der Waals surface area (Å²) >= 11 is 12.1. The minimum Gasteiger partial charge on any atom is -0.494 e. The SMILES string of the molecule is O=C(NC(Cc1ccc(OCCCC2COc3cccnc3C2)cc1)C(=O)O)c1c(Cl)cccc1Cl. The summed E-state index contributed by atoms with van der Waals surface area (Å²) in [6.45, 7) is 1.26. The van der Waals surface area contributed by atoms with Gasteiger partial charge in [-0.1, -0.05) is 41.4 Å². The number of aromatic nitrogens is 1. The lowest BCUT2D eigenvalue weighted by Crippen LogP contribution is -2.42. The van der Waals surface area contributed by atoms with Crippen molar-refractivity contribution in [2.45, 2.75) is 31.7 Å². The molecule has 36 heavy (non-hydrogen) atoms. The van der Waals surface area contributed by atoms with E-state index in [0.29, 0.717) is 24.9 Å². The molecular formula is C27H26Cl2N2O5. The number of nitrogens with one attached hydrogen (secondary N) is 1. The van der Waals surface area contributed by atoms with Crippen molar-refractivity contribution in [3.05, 3.63) is 87.7 Å². The van der Waals surface area contributed by atoms with Crippen molar-refractivity contribution < 1.29 is 24.2 Å². The summed E-state index contributed by atoms with van der Waals surface area (Å²) in [5.41, 5.74) is 1.80. The lowest BCUT2D eigenvalue weighted by molar-refractivity contribution is -0.139. The van der Waals surface area contributed by atoms with Gasteiger partial charge in [-0.3, -0.25) is 9.78 Å². The van der Waals surface area contributed by atoms with E-state index in [1.165, 1.54) is 12.1 Å². The number of nitrogens with zero attached hydrogens (tertiary/aromatic N) is 1. The maximum atomic E-state index is 12.6. The zero-order valence-corrected chi connectivity index (χ0v) is 21.0. The minimum absolute atomic E-state index is 0.0519. The number of fused-ring (bicyclic) bond motifs is 1. The summed E-state index contributed by atoms with van der Waals surface area (Å²) in [5.74, 6) is 0.200. The Hall–Kier alpha value is -3.29. The molecule has 9 heteroatoms. The summed E-state index contributed by atoms with van der Waals surface area (Å²) in [5, 5.41) is 12.4. The Balaban J connectivity index is 1.24. The zero-order valence-electron chi connectivity index (χ0n) is 19.5. The van der Waals surface area contributed by atoms with Crippen molar-refractivity contribution in [1.82, 2.24) is 10.3 Å². The summed E-state index contributed by atoms with van der Waals surface area (Å²) in [7, 11) is 0. The van der Waals surface area contributed by atoms with Gasteiger partial charge in [0.1, 0.15) is 17.5 Å². The topological polar surface area (TPSA) is 97.8 Å². The van der Waals surface area contributed by atoms with Crippen molar-refractivity contribution in [1.29, 1.82) is 0 Å². The van der Waals surface area contributed by atoms with Gasteiger partial charge in [0.05, 0.1) is 34.5 Å². The highest BCUT2D eigenvalue weighted by Gasteiger charge is 2.24. The number of carbonyl (C=O) groups excluding carboxylic acids is 1. The van der Waals surface area contributed by atoms with Gasteiger partial charge in [0.25, 0.3) is 5.91 Å². The Bertz CT molecular complexity index is 1200. The highest BCUT2D eigenvalue weighted by atomic mass is 35.5. The quantitative estimate of drug-likeness (QED) is 0.350. The smallest absolute Gasteiger partial charge is 0.326 e. The van der Waals surface area contributed by atoms with E-state index in [9.17, 15) is 14.7 Å². The number of ether oxygens (including phenoxy) is 2. The molecule has 2 unspecified atom stereocenters. The maximum absolute atomic E-state index is 12.6. The van der Waals surface area contributed by atoms with Gasteiger partial charge in [-0.05, 0) is 67.1 Å². The number of hydrogen-bond acceptors (Lipinski definition) is 5. The molecule has 1 amide bonds. The van der Waals surface area contributed by atoms with Crippen LogP contribution in [0.25, 0.3) is 0 Å². The van der Waals surface area contributed by atoms with Gasteiger partial charge in [-0.15, -0.1) is 0 Å². The fourth-order valence-electron chi connectivity index (χ4n) is 4.10. The second-order valence-corrected chi connectivity index (χ2v) is 9.44. The third kappa shape index (κ3) is 6.68. The Morgan fingerprint density at radius 3 is 2.58 bits per heavy atom. The summed E-state index contributed by atoms with van der Waals surface area (Å²) in [4.78, 5) is 28.8. The number of amides is 1. The summed E-state index contributed by atoms with van der Waals surface area (Å²) in [6, 6.07) is 14.5. The highest BCUT2D eigenvalue weighted by Crippen LogP contribution is 2.27. The molecule has 0 aliphatic carbocycles. The van der Waals surface area contributed by atoms with Gasteiger partial charge >= 0.3 is 5.97 Å². The number of halogens is 2. The van der Waals surface area contributed by atoms with E-state index in [4.69, 9.17) is 32.7 Å². The molecule has 2 aromatic carbocycles. The van der Waals surface area contributed by atoms with Crippen LogP contribution in [0.4, 0.5) is 0 Å². The van der Waals surface area contributed by atoms with E-state index in [2.05, 4.69) is 10.3 Å². The molecule has 0 fully saturated rings. The molecule has 0 saturated heterocycles. The molecule has 1 aliphatic rings. The number of carboxylic acid groups (broad SMARTS) is 1. The van der Waals surface area contributed by atoms with Crippen LogP contribution in [0, 0.1) is 5.92 Å². The van der Waals surface area contributed by atoms with E-state index in [0.717, 1.165) is 36.3 Å². The van der Waals surface area contributed by atoms with Gasteiger partial charge in [0.15, 0.2) is 0 Å². The Kier molecular flexibility index (Phi) is 8.67. The van der Waals surface area contributed by atoms with Gasteiger partial charge in [0, 0.05) is 12.6 Å². The first-order chi connectivity index (χ1) is 17.4. The van der Waals surface area contributed by atoms with E-state index in [1.54, 1.807) is 36.5 Å². The second-order valence-electron chi connectivity index (χ2n) is 8.63. The molecule has 1 aliphatic heterocycles. The predicted octanol–water partition coefficient (Wildman–Crippen LogP) is 5.22. The first kappa shape index (κ1) is 25.8. The minimum atomic E-state index is -1.16. The third-order valence-electron chi connectivity index (χ3n) is 5.99. The van der Waals surface area contributed by atoms with E-state index >= 15 is 0 Å².